The van der Waals surface area contributed by atoms with Crippen LogP contribution in [0.1, 0.15) is 29.4 Å². The lowest BCUT2D eigenvalue weighted by Gasteiger charge is -2.09. The lowest BCUT2D eigenvalue weighted by atomic mass is 10.2. The SMILES string of the molecule is CCn1c(C)cc(CNc2ccc(F)c(C)c2)c1C. The van der Waals surface area contributed by atoms with E-state index in [2.05, 4.69) is 36.7 Å². The molecule has 3 heteroatoms. The third-order valence-electron chi connectivity index (χ3n) is 3.64. The predicted molar refractivity (Wildman–Crippen MR) is 78.0 cm³/mol. The van der Waals surface area contributed by atoms with Gasteiger partial charge in [0.25, 0.3) is 0 Å². The second-order valence-electron chi connectivity index (χ2n) is 4.96. The van der Waals surface area contributed by atoms with E-state index in [1.807, 2.05) is 6.07 Å². The number of aromatic nitrogens is 1. The summed E-state index contributed by atoms with van der Waals surface area (Å²) >= 11 is 0. The summed E-state index contributed by atoms with van der Waals surface area (Å²) in [5.41, 5.74) is 5.50. The molecule has 0 amide bonds. The second kappa shape index (κ2) is 5.47. The van der Waals surface area contributed by atoms with Gasteiger partial charge in [0.1, 0.15) is 5.82 Å². The van der Waals surface area contributed by atoms with Crippen molar-refractivity contribution in [2.75, 3.05) is 5.32 Å². The Balaban J connectivity index is 2.12. The number of rotatable bonds is 4. The first kappa shape index (κ1) is 13.7. The van der Waals surface area contributed by atoms with Gasteiger partial charge in [-0.1, -0.05) is 0 Å². The largest absolute Gasteiger partial charge is 0.381 e. The van der Waals surface area contributed by atoms with Crippen LogP contribution >= 0.6 is 0 Å². The van der Waals surface area contributed by atoms with E-state index in [0.29, 0.717) is 5.56 Å². The van der Waals surface area contributed by atoms with E-state index >= 15 is 0 Å². The molecule has 1 aromatic carbocycles. The molecule has 0 radical (unpaired) electrons. The zero-order chi connectivity index (χ0) is 14.0. The van der Waals surface area contributed by atoms with E-state index < -0.39 is 0 Å². The van der Waals surface area contributed by atoms with Gasteiger partial charge in [0, 0.05) is 30.2 Å². The molecule has 0 saturated carbocycles. The minimum Gasteiger partial charge on any atom is -0.381 e. The highest BCUT2D eigenvalue weighted by Gasteiger charge is 2.07. The molecule has 0 fully saturated rings. The van der Waals surface area contributed by atoms with Gasteiger partial charge >= 0.3 is 0 Å². The standard InChI is InChI=1S/C16H21FN2/c1-5-19-12(3)9-14(13(19)4)10-18-15-6-7-16(17)11(2)8-15/h6-9,18H,5,10H2,1-4H3. The molecule has 0 aliphatic rings. The van der Waals surface area contributed by atoms with Crippen LogP contribution in [0.3, 0.4) is 0 Å². The molecular weight excluding hydrogens is 239 g/mol. The zero-order valence-electron chi connectivity index (χ0n) is 12.0. The summed E-state index contributed by atoms with van der Waals surface area (Å²) in [5.74, 6) is -0.158. The molecule has 0 spiro atoms. The van der Waals surface area contributed by atoms with Crippen molar-refractivity contribution >= 4 is 5.69 Å². The van der Waals surface area contributed by atoms with E-state index in [0.717, 1.165) is 18.8 Å². The fourth-order valence-electron chi connectivity index (χ4n) is 2.49. The Kier molecular flexibility index (Phi) is 3.93. The number of nitrogens with one attached hydrogen (secondary N) is 1. The van der Waals surface area contributed by atoms with Gasteiger partial charge < -0.3 is 9.88 Å². The monoisotopic (exact) mass is 260 g/mol. The molecule has 2 aromatic rings. The van der Waals surface area contributed by atoms with Crippen LogP contribution in [-0.2, 0) is 13.1 Å². The highest BCUT2D eigenvalue weighted by atomic mass is 19.1. The predicted octanol–water partition coefficient (Wildman–Crippen LogP) is 4.18. The van der Waals surface area contributed by atoms with E-state index in [1.54, 1.807) is 13.0 Å². The highest BCUT2D eigenvalue weighted by molar-refractivity contribution is 5.47. The van der Waals surface area contributed by atoms with Gasteiger partial charge in [0.15, 0.2) is 0 Å². The van der Waals surface area contributed by atoms with Crippen molar-refractivity contribution in [3.63, 3.8) is 0 Å². The summed E-state index contributed by atoms with van der Waals surface area (Å²) < 4.78 is 15.5. The van der Waals surface area contributed by atoms with Gasteiger partial charge in [-0.25, -0.2) is 4.39 Å². The maximum atomic E-state index is 13.2. The van der Waals surface area contributed by atoms with E-state index in [-0.39, 0.29) is 5.82 Å². The fraction of sp³-hybridized carbons (Fsp3) is 0.375. The summed E-state index contributed by atoms with van der Waals surface area (Å²) in [7, 11) is 0. The maximum absolute atomic E-state index is 13.2. The van der Waals surface area contributed by atoms with Gasteiger partial charge in [-0.2, -0.15) is 0 Å². The van der Waals surface area contributed by atoms with Crippen molar-refractivity contribution in [2.24, 2.45) is 0 Å². The molecule has 0 saturated heterocycles. The molecule has 1 heterocycles. The lowest BCUT2D eigenvalue weighted by Crippen LogP contribution is -2.03. The number of nitrogens with zero attached hydrogens (tertiary/aromatic N) is 1. The van der Waals surface area contributed by atoms with Crippen LogP contribution in [0.4, 0.5) is 10.1 Å². The minimum absolute atomic E-state index is 0.158. The molecule has 0 unspecified atom stereocenters. The molecule has 102 valence electrons. The lowest BCUT2D eigenvalue weighted by molar-refractivity contribution is 0.618. The summed E-state index contributed by atoms with van der Waals surface area (Å²) in [6, 6.07) is 7.34. The van der Waals surface area contributed by atoms with Crippen LogP contribution in [0.15, 0.2) is 24.3 Å². The van der Waals surface area contributed by atoms with E-state index in [1.165, 1.54) is 23.0 Å². The van der Waals surface area contributed by atoms with Gasteiger partial charge in [-0.05, 0) is 63.1 Å². The fourth-order valence-corrected chi connectivity index (χ4v) is 2.49. The van der Waals surface area contributed by atoms with Crippen LogP contribution < -0.4 is 5.32 Å². The van der Waals surface area contributed by atoms with Crippen LogP contribution in [0.25, 0.3) is 0 Å². The Morgan fingerprint density at radius 1 is 1.16 bits per heavy atom. The molecule has 1 N–H and O–H groups in total. The van der Waals surface area contributed by atoms with Crippen molar-refractivity contribution in [3.8, 4) is 0 Å². The first-order chi connectivity index (χ1) is 9.02. The van der Waals surface area contributed by atoms with Gasteiger partial charge in [-0.15, -0.1) is 0 Å². The molecule has 2 nitrogen and oxygen atoms in total. The van der Waals surface area contributed by atoms with Crippen molar-refractivity contribution in [3.05, 3.63) is 52.6 Å². The number of aryl methyl sites for hydroxylation is 2. The quantitative estimate of drug-likeness (QED) is 0.872. The molecule has 1 aromatic heterocycles. The minimum atomic E-state index is -0.158. The first-order valence-electron chi connectivity index (χ1n) is 6.68. The summed E-state index contributed by atoms with van der Waals surface area (Å²) in [5, 5.41) is 3.35. The Bertz CT molecular complexity index is 585. The van der Waals surface area contributed by atoms with Gasteiger partial charge in [0.2, 0.25) is 0 Å². The van der Waals surface area contributed by atoms with Crippen molar-refractivity contribution < 1.29 is 4.39 Å². The van der Waals surface area contributed by atoms with Gasteiger partial charge in [-0.3, -0.25) is 0 Å². The summed E-state index contributed by atoms with van der Waals surface area (Å²) in [6.07, 6.45) is 0. The van der Waals surface area contributed by atoms with Crippen LogP contribution in [0.5, 0.6) is 0 Å². The zero-order valence-corrected chi connectivity index (χ0v) is 12.0. The van der Waals surface area contributed by atoms with Crippen LogP contribution in [0, 0.1) is 26.6 Å². The molecular formula is C16H21FN2. The van der Waals surface area contributed by atoms with Crippen molar-refractivity contribution in [1.82, 2.24) is 4.57 Å². The average Bonchev–Trinajstić information content (AvgIpc) is 2.65. The number of anilines is 1. The Labute approximate surface area is 114 Å². The Morgan fingerprint density at radius 3 is 2.47 bits per heavy atom. The van der Waals surface area contributed by atoms with Crippen LogP contribution in [0.2, 0.25) is 0 Å². The van der Waals surface area contributed by atoms with Crippen LogP contribution in [-0.4, -0.2) is 4.57 Å². The van der Waals surface area contributed by atoms with Crippen molar-refractivity contribution in [2.45, 2.75) is 40.8 Å². The molecule has 0 atom stereocenters. The topological polar surface area (TPSA) is 17.0 Å². The number of halogens is 1. The maximum Gasteiger partial charge on any atom is 0.126 e. The average molecular weight is 260 g/mol. The Morgan fingerprint density at radius 2 is 1.89 bits per heavy atom. The smallest absolute Gasteiger partial charge is 0.126 e. The third kappa shape index (κ3) is 2.80. The van der Waals surface area contributed by atoms with Gasteiger partial charge in [0.05, 0.1) is 0 Å². The number of hydrogen-bond acceptors (Lipinski definition) is 1. The molecule has 0 aliphatic carbocycles. The van der Waals surface area contributed by atoms with E-state index in [4.69, 9.17) is 0 Å². The van der Waals surface area contributed by atoms with E-state index in [9.17, 15) is 4.39 Å². The highest BCUT2D eigenvalue weighted by Crippen LogP contribution is 2.18. The van der Waals surface area contributed by atoms with Crippen molar-refractivity contribution in [1.29, 1.82) is 0 Å². The number of benzene rings is 1. The third-order valence-corrected chi connectivity index (χ3v) is 3.64. The summed E-state index contributed by atoms with van der Waals surface area (Å²) in [6.45, 7) is 9.97. The molecule has 2 rings (SSSR count). The Hall–Kier alpha value is -1.77. The second-order valence-corrected chi connectivity index (χ2v) is 4.96. The normalized spacial score (nSPS) is 10.8. The summed E-state index contributed by atoms with van der Waals surface area (Å²) in [4.78, 5) is 0. The molecule has 19 heavy (non-hydrogen) atoms. The molecule has 0 bridgehead atoms. The molecule has 0 aliphatic heterocycles. The first-order valence-corrected chi connectivity index (χ1v) is 6.68. The number of hydrogen-bond donors (Lipinski definition) is 1.